The van der Waals surface area contributed by atoms with E-state index in [0.29, 0.717) is 0 Å². The molecule has 0 aromatic heterocycles. The molecule has 0 heterocycles. The molecule has 5 aromatic rings. The first-order valence-corrected chi connectivity index (χ1v) is 11.4. The third kappa shape index (κ3) is 4.58. The van der Waals surface area contributed by atoms with Gasteiger partial charge in [0.25, 0.3) is 0 Å². The van der Waals surface area contributed by atoms with E-state index in [1.807, 2.05) is 0 Å². The minimum atomic E-state index is 1.14. The van der Waals surface area contributed by atoms with Crippen LogP contribution in [0.2, 0.25) is 0 Å². The molecule has 0 saturated heterocycles. The summed E-state index contributed by atoms with van der Waals surface area (Å²) in [4.78, 5) is 2.32. The van der Waals surface area contributed by atoms with Crippen molar-refractivity contribution < 1.29 is 0 Å². The Kier molecular flexibility index (Phi) is 5.78. The zero-order chi connectivity index (χ0) is 22.6. The Labute approximate surface area is 196 Å². The molecule has 0 N–H and O–H groups in total. The van der Waals surface area contributed by atoms with Crippen molar-refractivity contribution in [1.29, 1.82) is 0 Å². The highest BCUT2D eigenvalue weighted by Crippen LogP contribution is 2.37. The summed E-state index contributed by atoms with van der Waals surface area (Å²) in [5.41, 5.74) is 10.8. The number of hydrogen-bond donors (Lipinski definition) is 0. The molecule has 0 aliphatic rings. The van der Waals surface area contributed by atoms with Gasteiger partial charge in [-0.05, 0) is 78.6 Å². The molecule has 0 saturated carbocycles. The zero-order valence-electron chi connectivity index (χ0n) is 19.1. The maximum atomic E-state index is 2.32. The van der Waals surface area contributed by atoms with Gasteiger partial charge in [0.15, 0.2) is 0 Å². The average Bonchev–Trinajstić information content (AvgIpc) is 2.87. The van der Waals surface area contributed by atoms with E-state index in [1.165, 1.54) is 33.4 Å². The van der Waals surface area contributed by atoms with E-state index in [4.69, 9.17) is 0 Å². The molecule has 0 bridgehead atoms. The van der Waals surface area contributed by atoms with Crippen LogP contribution in [-0.4, -0.2) is 0 Å². The molecule has 0 aliphatic heterocycles. The van der Waals surface area contributed by atoms with Crippen LogP contribution in [0.5, 0.6) is 0 Å². The molecule has 0 aliphatic carbocycles. The van der Waals surface area contributed by atoms with Crippen LogP contribution in [0, 0.1) is 13.8 Å². The lowest BCUT2D eigenvalue weighted by molar-refractivity contribution is 1.27. The Morgan fingerprint density at radius 1 is 0.364 bits per heavy atom. The largest absolute Gasteiger partial charge is 0.310 e. The van der Waals surface area contributed by atoms with Gasteiger partial charge >= 0.3 is 0 Å². The van der Waals surface area contributed by atoms with Crippen LogP contribution in [0.3, 0.4) is 0 Å². The van der Waals surface area contributed by atoms with Gasteiger partial charge in [-0.2, -0.15) is 0 Å². The molecule has 0 spiro atoms. The van der Waals surface area contributed by atoms with Crippen molar-refractivity contribution in [1.82, 2.24) is 0 Å². The lowest BCUT2D eigenvalue weighted by atomic mass is 9.98. The molecule has 5 rings (SSSR count). The SMILES string of the molecule is Cc1ccc(N(c2ccc(C)cc2)c2cccc(-c3cccc(-c4ccccc4)c3)c2)cc1. The van der Waals surface area contributed by atoms with E-state index in [0.717, 1.165) is 17.1 Å². The van der Waals surface area contributed by atoms with Crippen molar-refractivity contribution in [2.75, 3.05) is 4.90 Å². The van der Waals surface area contributed by atoms with Crippen LogP contribution in [0.15, 0.2) is 127 Å². The van der Waals surface area contributed by atoms with Gasteiger partial charge in [-0.3, -0.25) is 0 Å². The van der Waals surface area contributed by atoms with Crippen LogP contribution in [0.1, 0.15) is 11.1 Å². The number of anilines is 3. The Morgan fingerprint density at radius 3 is 1.39 bits per heavy atom. The first kappa shape index (κ1) is 20.8. The van der Waals surface area contributed by atoms with Gasteiger partial charge in [0.05, 0.1) is 0 Å². The van der Waals surface area contributed by atoms with Gasteiger partial charge < -0.3 is 4.90 Å². The van der Waals surface area contributed by atoms with E-state index < -0.39 is 0 Å². The second-order valence-electron chi connectivity index (χ2n) is 8.50. The van der Waals surface area contributed by atoms with Crippen LogP contribution in [0.25, 0.3) is 22.3 Å². The van der Waals surface area contributed by atoms with Gasteiger partial charge in [0, 0.05) is 17.1 Å². The smallest absolute Gasteiger partial charge is 0.0467 e. The molecule has 0 fully saturated rings. The lowest BCUT2D eigenvalue weighted by Crippen LogP contribution is -2.10. The van der Waals surface area contributed by atoms with Crippen molar-refractivity contribution in [2.24, 2.45) is 0 Å². The molecule has 0 amide bonds. The summed E-state index contributed by atoms with van der Waals surface area (Å²) < 4.78 is 0. The standard InChI is InChI=1S/C32H27N/c1-24-14-18-30(19-15-24)33(31-20-16-25(2)17-21-31)32-13-7-12-29(23-32)28-11-6-10-27(22-28)26-8-4-3-5-9-26/h3-23H,1-2H3. The summed E-state index contributed by atoms with van der Waals surface area (Å²) in [6, 6.07) is 45.6. The number of aryl methyl sites for hydroxylation is 2. The van der Waals surface area contributed by atoms with Crippen LogP contribution in [0.4, 0.5) is 17.1 Å². The van der Waals surface area contributed by atoms with Crippen LogP contribution in [-0.2, 0) is 0 Å². The molecule has 5 aromatic carbocycles. The van der Waals surface area contributed by atoms with Crippen LogP contribution >= 0.6 is 0 Å². The summed E-state index contributed by atoms with van der Waals surface area (Å²) in [5.74, 6) is 0. The Hall–Kier alpha value is -4.10. The summed E-state index contributed by atoms with van der Waals surface area (Å²) in [7, 11) is 0. The van der Waals surface area contributed by atoms with Gasteiger partial charge in [0.1, 0.15) is 0 Å². The fourth-order valence-corrected chi connectivity index (χ4v) is 4.17. The zero-order valence-corrected chi connectivity index (χ0v) is 19.1. The minimum Gasteiger partial charge on any atom is -0.310 e. The molecule has 0 radical (unpaired) electrons. The van der Waals surface area contributed by atoms with E-state index in [-0.39, 0.29) is 0 Å². The fourth-order valence-electron chi connectivity index (χ4n) is 4.17. The van der Waals surface area contributed by atoms with E-state index in [9.17, 15) is 0 Å². The highest BCUT2D eigenvalue weighted by molar-refractivity contribution is 5.81. The summed E-state index contributed by atoms with van der Waals surface area (Å²) in [6.07, 6.45) is 0. The number of benzene rings is 5. The molecule has 33 heavy (non-hydrogen) atoms. The fraction of sp³-hybridized carbons (Fsp3) is 0.0625. The minimum absolute atomic E-state index is 1.14. The quantitative estimate of drug-likeness (QED) is 0.271. The van der Waals surface area contributed by atoms with Crippen molar-refractivity contribution in [3.8, 4) is 22.3 Å². The predicted molar refractivity (Wildman–Crippen MR) is 141 cm³/mol. The molecular formula is C32H27N. The van der Waals surface area contributed by atoms with Gasteiger partial charge in [-0.15, -0.1) is 0 Å². The van der Waals surface area contributed by atoms with Crippen molar-refractivity contribution in [2.45, 2.75) is 13.8 Å². The second kappa shape index (κ2) is 9.18. The molecule has 1 nitrogen and oxygen atoms in total. The maximum absolute atomic E-state index is 2.32. The maximum Gasteiger partial charge on any atom is 0.0467 e. The lowest BCUT2D eigenvalue weighted by Gasteiger charge is -2.26. The van der Waals surface area contributed by atoms with E-state index in [2.05, 4.69) is 146 Å². The van der Waals surface area contributed by atoms with Crippen LogP contribution < -0.4 is 4.90 Å². The highest BCUT2D eigenvalue weighted by atomic mass is 15.1. The average molecular weight is 426 g/mol. The van der Waals surface area contributed by atoms with Gasteiger partial charge in [0.2, 0.25) is 0 Å². The monoisotopic (exact) mass is 425 g/mol. The van der Waals surface area contributed by atoms with Gasteiger partial charge in [-0.25, -0.2) is 0 Å². The Balaban J connectivity index is 1.58. The molecule has 160 valence electrons. The normalized spacial score (nSPS) is 10.7. The topological polar surface area (TPSA) is 3.24 Å². The summed E-state index contributed by atoms with van der Waals surface area (Å²) in [5, 5.41) is 0. The van der Waals surface area contributed by atoms with Gasteiger partial charge in [-0.1, -0.05) is 96.1 Å². The van der Waals surface area contributed by atoms with E-state index >= 15 is 0 Å². The highest BCUT2D eigenvalue weighted by Gasteiger charge is 2.13. The number of nitrogens with zero attached hydrogens (tertiary/aromatic N) is 1. The first-order chi connectivity index (χ1) is 16.2. The second-order valence-corrected chi connectivity index (χ2v) is 8.50. The third-order valence-corrected chi connectivity index (χ3v) is 5.99. The first-order valence-electron chi connectivity index (χ1n) is 11.4. The third-order valence-electron chi connectivity index (χ3n) is 5.99. The Morgan fingerprint density at radius 2 is 0.818 bits per heavy atom. The van der Waals surface area contributed by atoms with Crippen molar-refractivity contribution in [3.05, 3.63) is 139 Å². The predicted octanol–water partition coefficient (Wildman–Crippen LogP) is 9.11. The molecule has 0 atom stereocenters. The molecule has 0 unspecified atom stereocenters. The number of rotatable bonds is 5. The summed E-state index contributed by atoms with van der Waals surface area (Å²) in [6.45, 7) is 4.25. The van der Waals surface area contributed by atoms with E-state index in [1.54, 1.807) is 0 Å². The van der Waals surface area contributed by atoms with Crippen molar-refractivity contribution >= 4 is 17.1 Å². The van der Waals surface area contributed by atoms with Crippen molar-refractivity contribution in [3.63, 3.8) is 0 Å². The number of hydrogen-bond acceptors (Lipinski definition) is 1. The molecule has 1 heteroatoms. The Bertz CT molecular complexity index is 1300. The summed E-state index contributed by atoms with van der Waals surface area (Å²) >= 11 is 0. The molecular weight excluding hydrogens is 398 g/mol.